The normalized spacial score (nSPS) is 22.0. The zero-order valence-electron chi connectivity index (χ0n) is 14.3. The highest BCUT2D eigenvalue weighted by atomic mass is 14.7. The highest BCUT2D eigenvalue weighted by Gasteiger charge is 2.27. The Morgan fingerprint density at radius 1 is 1.29 bits per heavy atom. The van der Waals surface area contributed by atoms with E-state index in [0.717, 1.165) is 24.6 Å². The van der Waals surface area contributed by atoms with Crippen LogP contribution < -0.4 is 16.3 Å². The number of rotatable bonds is 6. The van der Waals surface area contributed by atoms with Crippen LogP contribution >= 0.6 is 0 Å². The summed E-state index contributed by atoms with van der Waals surface area (Å²) in [5.41, 5.74) is 9.64. The first kappa shape index (κ1) is 20.0. The number of nitrogens with two attached hydrogens (primary N) is 1. The molecule has 0 aliphatic heterocycles. The van der Waals surface area contributed by atoms with E-state index in [0.29, 0.717) is 12.0 Å². The molecule has 2 nitrogen and oxygen atoms in total. The van der Waals surface area contributed by atoms with Gasteiger partial charge in [0.15, 0.2) is 0 Å². The molecule has 24 heavy (non-hydrogen) atoms. The molecule has 0 radical (unpaired) electrons. The zero-order valence-corrected chi connectivity index (χ0v) is 14.3. The Morgan fingerprint density at radius 2 is 2.00 bits per heavy atom. The fourth-order valence-electron chi connectivity index (χ4n) is 3.23. The molecular formula is C22H32N2. The van der Waals surface area contributed by atoms with Crippen molar-refractivity contribution in [2.75, 3.05) is 0 Å². The third-order valence-corrected chi connectivity index (χ3v) is 4.38. The Bertz CT molecular complexity index is 738. The summed E-state index contributed by atoms with van der Waals surface area (Å²) in [6.07, 6.45) is 17.6. The highest BCUT2D eigenvalue weighted by molar-refractivity contribution is 5.75. The minimum atomic E-state index is 0. The van der Waals surface area contributed by atoms with Gasteiger partial charge in [0, 0.05) is 22.3 Å². The summed E-state index contributed by atoms with van der Waals surface area (Å²) in [6.45, 7) is 12.1. The second-order valence-corrected chi connectivity index (χ2v) is 6.22. The molecule has 0 atom stereocenters. The summed E-state index contributed by atoms with van der Waals surface area (Å²) < 4.78 is 0. The first-order chi connectivity index (χ1) is 11.1. The van der Waals surface area contributed by atoms with Crippen LogP contribution in [-0.4, -0.2) is 11.0 Å². The van der Waals surface area contributed by atoms with Gasteiger partial charge in [0.05, 0.1) is 0 Å². The smallest absolute Gasteiger partial charge is 0.0497 e. The van der Waals surface area contributed by atoms with Crippen molar-refractivity contribution >= 4 is 18.2 Å². The number of aromatic amines is 1. The summed E-state index contributed by atoms with van der Waals surface area (Å²) in [4.78, 5) is 3.48. The van der Waals surface area contributed by atoms with E-state index in [9.17, 15) is 0 Å². The van der Waals surface area contributed by atoms with Gasteiger partial charge in [-0.3, -0.25) is 0 Å². The van der Waals surface area contributed by atoms with Crippen LogP contribution in [0.5, 0.6) is 0 Å². The van der Waals surface area contributed by atoms with Crippen molar-refractivity contribution in [3.63, 3.8) is 0 Å². The van der Waals surface area contributed by atoms with E-state index in [1.807, 2.05) is 26.0 Å². The van der Waals surface area contributed by atoms with Crippen molar-refractivity contribution in [3.8, 4) is 0 Å². The van der Waals surface area contributed by atoms with Crippen molar-refractivity contribution in [2.24, 2.45) is 11.7 Å². The lowest BCUT2D eigenvalue weighted by molar-refractivity contribution is 0.264. The van der Waals surface area contributed by atoms with Gasteiger partial charge in [-0.05, 0) is 50.2 Å². The van der Waals surface area contributed by atoms with E-state index >= 15 is 0 Å². The Kier molecular flexibility index (Phi) is 7.73. The molecule has 0 spiro atoms. The molecule has 0 aromatic carbocycles. The van der Waals surface area contributed by atoms with Crippen molar-refractivity contribution in [2.45, 2.75) is 46.6 Å². The molecule has 1 aromatic rings. The molecule has 0 amide bonds. The Morgan fingerprint density at radius 3 is 2.54 bits per heavy atom. The number of hydrogen-bond donors (Lipinski definition) is 2. The topological polar surface area (TPSA) is 41.8 Å². The van der Waals surface area contributed by atoms with E-state index in [-0.39, 0.29) is 7.43 Å². The molecule has 2 heteroatoms. The number of aromatic nitrogens is 1. The van der Waals surface area contributed by atoms with E-state index in [2.05, 4.69) is 48.5 Å². The summed E-state index contributed by atoms with van der Waals surface area (Å²) in [6, 6.07) is 0.377. The second kappa shape index (κ2) is 9.29. The quantitative estimate of drug-likeness (QED) is 0.767. The van der Waals surface area contributed by atoms with Crippen LogP contribution in [0.15, 0.2) is 43.0 Å². The first-order valence-corrected chi connectivity index (χ1v) is 8.34. The van der Waals surface area contributed by atoms with E-state index in [1.165, 1.54) is 22.0 Å². The van der Waals surface area contributed by atoms with Gasteiger partial charge in [-0.25, -0.2) is 0 Å². The molecule has 1 aliphatic rings. The molecule has 3 N–H and O–H groups in total. The molecule has 1 saturated carbocycles. The maximum atomic E-state index is 5.96. The molecule has 2 rings (SSSR count). The van der Waals surface area contributed by atoms with Crippen LogP contribution in [0.2, 0.25) is 0 Å². The fraction of sp³-hybridized carbons (Fsp3) is 0.364. The predicted molar refractivity (Wildman–Crippen MR) is 109 cm³/mol. The Hall–Kier alpha value is -2.06. The van der Waals surface area contributed by atoms with Crippen LogP contribution in [0.1, 0.15) is 45.4 Å². The molecule has 1 aliphatic carbocycles. The Labute approximate surface area is 146 Å². The van der Waals surface area contributed by atoms with Crippen LogP contribution in [0.4, 0.5) is 0 Å². The van der Waals surface area contributed by atoms with Crippen molar-refractivity contribution < 1.29 is 0 Å². The molecule has 0 bridgehead atoms. The lowest BCUT2D eigenvalue weighted by atomic mass is 9.76. The zero-order chi connectivity index (χ0) is 16.8. The number of hydrogen-bond acceptors (Lipinski definition) is 1. The third-order valence-electron chi connectivity index (χ3n) is 4.38. The number of nitrogens with one attached hydrogen (secondary N) is 1. The van der Waals surface area contributed by atoms with Crippen LogP contribution in [0, 0.1) is 5.92 Å². The molecule has 1 aromatic heterocycles. The van der Waals surface area contributed by atoms with Gasteiger partial charge in [-0.15, -0.1) is 0 Å². The van der Waals surface area contributed by atoms with Crippen molar-refractivity contribution in [3.05, 3.63) is 64.9 Å². The lowest BCUT2D eigenvalue weighted by Gasteiger charge is -2.32. The van der Waals surface area contributed by atoms with E-state index < -0.39 is 0 Å². The monoisotopic (exact) mass is 324 g/mol. The van der Waals surface area contributed by atoms with Gasteiger partial charge in [0.1, 0.15) is 0 Å². The van der Waals surface area contributed by atoms with Gasteiger partial charge in [0.2, 0.25) is 0 Å². The third kappa shape index (κ3) is 4.48. The van der Waals surface area contributed by atoms with E-state index in [1.54, 1.807) is 0 Å². The Balaban J connectivity index is 0.00000288. The maximum Gasteiger partial charge on any atom is 0.0497 e. The second-order valence-electron chi connectivity index (χ2n) is 6.22. The van der Waals surface area contributed by atoms with Gasteiger partial charge < -0.3 is 10.7 Å². The lowest BCUT2D eigenvalue weighted by Crippen LogP contribution is -2.38. The van der Waals surface area contributed by atoms with Crippen LogP contribution in [0.3, 0.4) is 0 Å². The minimum absolute atomic E-state index is 0. The average Bonchev–Trinajstić information content (AvgIpc) is 2.79. The van der Waals surface area contributed by atoms with Gasteiger partial charge in [-0.1, -0.05) is 63.1 Å². The molecule has 130 valence electrons. The molecule has 1 heterocycles. The number of H-pyrrole nitrogens is 1. The molecule has 0 saturated heterocycles. The SMILES string of the molecule is C.C=C/C=c1/c(CC2CC(N)C2)c(C(/C=C\C)=C/C=C\C)[nH]c1=C. The average molecular weight is 325 g/mol. The molecular weight excluding hydrogens is 292 g/mol. The summed E-state index contributed by atoms with van der Waals surface area (Å²) in [5, 5.41) is 2.13. The van der Waals surface area contributed by atoms with Gasteiger partial charge in [-0.2, -0.15) is 0 Å². The van der Waals surface area contributed by atoms with Crippen molar-refractivity contribution in [1.29, 1.82) is 0 Å². The largest absolute Gasteiger partial charge is 0.355 e. The van der Waals surface area contributed by atoms with Gasteiger partial charge >= 0.3 is 0 Å². The van der Waals surface area contributed by atoms with Crippen LogP contribution in [-0.2, 0) is 6.42 Å². The summed E-state index contributed by atoms with van der Waals surface area (Å²) in [5.74, 6) is 0.671. The standard InChI is InChI=1S/C21H28N2.CH4/c1-5-8-11-17(9-6-2)21-20(14-16-12-18(22)13-16)19(10-7-3)15(4)23-21;/h5-11,16,18,23H,3-4,12-14,22H2,1-2H3;1H4/b8-5-,9-6-,17-11+,19-10+;. The fourth-order valence-corrected chi connectivity index (χ4v) is 3.23. The maximum absolute atomic E-state index is 5.96. The minimum Gasteiger partial charge on any atom is -0.355 e. The van der Waals surface area contributed by atoms with Crippen LogP contribution in [0.25, 0.3) is 18.2 Å². The van der Waals surface area contributed by atoms with Crippen molar-refractivity contribution in [1.82, 2.24) is 4.98 Å². The predicted octanol–water partition coefficient (Wildman–Crippen LogP) is 3.84. The number of allylic oxidation sites excluding steroid dienone is 7. The molecule has 0 unspecified atom stereocenters. The van der Waals surface area contributed by atoms with E-state index in [4.69, 9.17) is 5.73 Å². The molecule has 1 fully saturated rings. The summed E-state index contributed by atoms with van der Waals surface area (Å²) >= 11 is 0. The summed E-state index contributed by atoms with van der Waals surface area (Å²) in [7, 11) is 0. The van der Waals surface area contributed by atoms with Gasteiger partial charge in [0.25, 0.3) is 0 Å². The first-order valence-electron chi connectivity index (χ1n) is 8.34. The highest BCUT2D eigenvalue weighted by Crippen LogP contribution is 2.30.